The van der Waals surface area contributed by atoms with Crippen molar-refractivity contribution in [3.8, 4) is 5.19 Å². The Morgan fingerprint density at radius 2 is 2.15 bits per heavy atom. The Bertz CT molecular complexity index is 940. The summed E-state index contributed by atoms with van der Waals surface area (Å²) in [6, 6.07) is 0.223. The maximum Gasteiger partial charge on any atom is 0.278 e. The van der Waals surface area contributed by atoms with Crippen molar-refractivity contribution in [3.63, 3.8) is 0 Å². The molecule has 0 radical (unpaired) electrons. The first-order valence-corrected chi connectivity index (χ1v) is 12.6. The highest BCUT2D eigenvalue weighted by molar-refractivity contribution is 7.13. The van der Waals surface area contributed by atoms with Crippen LogP contribution in [0.3, 0.4) is 0 Å². The zero-order chi connectivity index (χ0) is 23.4. The van der Waals surface area contributed by atoms with E-state index in [-0.39, 0.29) is 18.5 Å². The van der Waals surface area contributed by atoms with Gasteiger partial charge in [0.1, 0.15) is 6.54 Å². The van der Waals surface area contributed by atoms with E-state index < -0.39 is 12.5 Å². The lowest BCUT2D eigenvalue weighted by Crippen LogP contribution is -2.40. The van der Waals surface area contributed by atoms with Crippen molar-refractivity contribution in [1.82, 2.24) is 25.0 Å². The van der Waals surface area contributed by atoms with Gasteiger partial charge in [-0.15, -0.1) is 0 Å². The number of thiazole rings is 1. The minimum atomic E-state index is -2.85. The summed E-state index contributed by atoms with van der Waals surface area (Å²) in [5.74, 6) is -2.23. The topological polar surface area (TPSA) is 72.3 Å². The fourth-order valence-corrected chi connectivity index (χ4v) is 5.54. The van der Waals surface area contributed by atoms with Crippen molar-refractivity contribution >= 4 is 28.8 Å². The van der Waals surface area contributed by atoms with Crippen LogP contribution in [0.2, 0.25) is 5.02 Å². The van der Waals surface area contributed by atoms with Gasteiger partial charge < -0.3 is 10.1 Å². The molecule has 1 saturated carbocycles. The highest BCUT2D eigenvalue weighted by Gasteiger charge is 2.27. The summed E-state index contributed by atoms with van der Waals surface area (Å²) in [6.07, 6.45) is 9.39. The molecule has 2 aromatic heterocycles. The SMILES string of the molecule is CC(F)(F)COc1nc2c(s1)CCN(CCC1CCC(NC(=O)Cn3cc(Cl)cn3)CC1)C2. The molecule has 2 aromatic rings. The molecule has 7 nitrogen and oxygen atoms in total. The van der Waals surface area contributed by atoms with Crippen LogP contribution >= 0.6 is 22.9 Å². The largest absolute Gasteiger partial charge is 0.464 e. The molecule has 1 amide bonds. The number of rotatable bonds is 9. The predicted molar refractivity (Wildman–Crippen MR) is 123 cm³/mol. The molecule has 2 aliphatic rings. The number of ether oxygens (including phenoxy) is 1. The number of carbonyl (C=O) groups is 1. The van der Waals surface area contributed by atoms with Crippen LogP contribution in [0.4, 0.5) is 8.78 Å². The predicted octanol–water partition coefficient (Wildman–Crippen LogP) is 4.15. The van der Waals surface area contributed by atoms with Crippen molar-refractivity contribution in [2.45, 2.75) is 70.5 Å². The maximum absolute atomic E-state index is 13.0. The molecule has 0 atom stereocenters. The lowest BCUT2D eigenvalue weighted by molar-refractivity contribution is -0.122. The smallest absolute Gasteiger partial charge is 0.278 e. The van der Waals surface area contributed by atoms with E-state index >= 15 is 0 Å². The van der Waals surface area contributed by atoms with Gasteiger partial charge in [0.15, 0.2) is 6.61 Å². The first-order valence-electron chi connectivity index (χ1n) is 11.4. The molecule has 1 aliphatic heterocycles. The van der Waals surface area contributed by atoms with Crippen molar-refractivity contribution in [1.29, 1.82) is 0 Å². The minimum absolute atomic E-state index is 0.0309. The van der Waals surface area contributed by atoms with Crippen LogP contribution in [-0.4, -0.2) is 57.2 Å². The molecule has 182 valence electrons. The Balaban J connectivity index is 1.15. The number of nitrogens with one attached hydrogen (secondary N) is 1. The molecular weight excluding hydrogens is 472 g/mol. The van der Waals surface area contributed by atoms with Crippen molar-refractivity contribution in [3.05, 3.63) is 28.0 Å². The molecular formula is C22H30ClF2N5O2S. The molecule has 1 fully saturated rings. The van der Waals surface area contributed by atoms with Gasteiger partial charge in [-0.1, -0.05) is 22.9 Å². The first-order chi connectivity index (χ1) is 15.7. The zero-order valence-electron chi connectivity index (χ0n) is 18.7. The number of alkyl halides is 2. The summed E-state index contributed by atoms with van der Waals surface area (Å²) in [5.41, 5.74) is 0.963. The van der Waals surface area contributed by atoms with Crippen LogP contribution in [-0.2, 0) is 24.3 Å². The number of hydrogen-bond donors (Lipinski definition) is 1. The third-order valence-corrected chi connectivity index (χ3v) is 7.47. The molecule has 3 heterocycles. The average molecular weight is 502 g/mol. The third-order valence-electron chi connectivity index (χ3n) is 6.21. The first kappa shape index (κ1) is 24.3. The average Bonchev–Trinajstić information content (AvgIpc) is 3.36. The van der Waals surface area contributed by atoms with Crippen molar-refractivity contribution in [2.75, 3.05) is 19.7 Å². The summed E-state index contributed by atoms with van der Waals surface area (Å²) in [4.78, 5) is 20.2. The van der Waals surface area contributed by atoms with Gasteiger partial charge in [0.2, 0.25) is 5.91 Å². The molecule has 0 saturated heterocycles. The number of nitrogens with zero attached hydrogens (tertiary/aromatic N) is 4. The Morgan fingerprint density at radius 1 is 1.36 bits per heavy atom. The van der Waals surface area contributed by atoms with Gasteiger partial charge >= 0.3 is 0 Å². The molecule has 33 heavy (non-hydrogen) atoms. The summed E-state index contributed by atoms with van der Waals surface area (Å²) in [7, 11) is 0. The number of hydrogen-bond acceptors (Lipinski definition) is 6. The quantitative estimate of drug-likeness (QED) is 0.559. The number of aromatic nitrogens is 3. The van der Waals surface area contributed by atoms with Crippen LogP contribution in [0.5, 0.6) is 5.19 Å². The van der Waals surface area contributed by atoms with Crippen LogP contribution in [0.1, 0.15) is 49.6 Å². The Morgan fingerprint density at radius 3 is 2.85 bits per heavy atom. The lowest BCUT2D eigenvalue weighted by Gasteiger charge is -2.32. The zero-order valence-corrected chi connectivity index (χ0v) is 20.3. The Hall–Kier alpha value is -1.78. The van der Waals surface area contributed by atoms with E-state index in [2.05, 4.69) is 20.3 Å². The monoisotopic (exact) mass is 501 g/mol. The Kier molecular flexibility index (Phi) is 7.86. The molecule has 1 aliphatic carbocycles. The molecule has 0 aromatic carbocycles. The molecule has 0 unspecified atom stereocenters. The molecule has 11 heteroatoms. The van der Waals surface area contributed by atoms with Crippen LogP contribution in [0.25, 0.3) is 0 Å². The fraction of sp³-hybridized carbons (Fsp3) is 0.682. The van der Waals surface area contributed by atoms with Gasteiger partial charge in [-0.05, 0) is 51.0 Å². The van der Waals surface area contributed by atoms with Crippen LogP contribution in [0, 0.1) is 5.92 Å². The van der Waals surface area contributed by atoms with E-state index in [0.717, 1.165) is 75.7 Å². The van der Waals surface area contributed by atoms with E-state index in [0.29, 0.717) is 16.1 Å². The van der Waals surface area contributed by atoms with Crippen LogP contribution < -0.4 is 10.1 Å². The second-order valence-electron chi connectivity index (χ2n) is 9.16. The lowest BCUT2D eigenvalue weighted by atomic mass is 9.84. The summed E-state index contributed by atoms with van der Waals surface area (Å²) in [6.45, 7) is 3.11. The highest BCUT2D eigenvalue weighted by Crippen LogP contribution is 2.32. The van der Waals surface area contributed by atoms with Gasteiger partial charge in [-0.3, -0.25) is 14.4 Å². The van der Waals surface area contributed by atoms with Gasteiger partial charge in [0.25, 0.3) is 11.1 Å². The van der Waals surface area contributed by atoms with Gasteiger partial charge in [0, 0.05) is 37.1 Å². The van der Waals surface area contributed by atoms with E-state index in [4.69, 9.17) is 16.3 Å². The van der Waals surface area contributed by atoms with Gasteiger partial charge in [-0.2, -0.15) is 5.10 Å². The van der Waals surface area contributed by atoms with Crippen molar-refractivity contribution < 1.29 is 18.3 Å². The number of halogens is 3. The second kappa shape index (κ2) is 10.7. The van der Waals surface area contributed by atoms with E-state index in [1.807, 2.05) is 0 Å². The fourth-order valence-electron chi connectivity index (χ4n) is 4.48. The van der Waals surface area contributed by atoms with E-state index in [1.165, 1.54) is 17.5 Å². The minimum Gasteiger partial charge on any atom is -0.464 e. The van der Waals surface area contributed by atoms with Crippen molar-refractivity contribution in [2.24, 2.45) is 5.92 Å². The Labute approximate surface area is 201 Å². The summed E-state index contributed by atoms with van der Waals surface area (Å²) >= 11 is 7.23. The van der Waals surface area contributed by atoms with Gasteiger partial charge in [-0.25, -0.2) is 13.8 Å². The summed E-state index contributed by atoms with van der Waals surface area (Å²) in [5, 5.41) is 8.03. The van der Waals surface area contributed by atoms with Gasteiger partial charge in [0.05, 0.1) is 16.9 Å². The molecule has 0 spiro atoms. The highest BCUT2D eigenvalue weighted by atomic mass is 35.5. The number of amides is 1. The number of carbonyl (C=O) groups excluding carboxylic acids is 1. The maximum atomic E-state index is 13.0. The molecule has 0 bridgehead atoms. The second-order valence-corrected chi connectivity index (χ2v) is 10.6. The number of fused-ring (bicyclic) bond motifs is 1. The summed E-state index contributed by atoms with van der Waals surface area (Å²) < 4.78 is 32.8. The van der Waals surface area contributed by atoms with E-state index in [9.17, 15) is 13.6 Å². The normalized spacial score (nSPS) is 21.6. The van der Waals surface area contributed by atoms with Crippen LogP contribution in [0.15, 0.2) is 12.4 Å². The standard InChI is InChI=1S/C22H30ClF2N5O2S/c1-22(24,25)14-32-21-28-18-12-29(9-7-19(18)33-21)8-6-15-2-4-17(5-3-15)27-20(31)13-30-11-16(23)10-26-30/h10-11,15,17H,2-9,12-14H2,1H3,(H,27,31). The molecule has 1 N–H and O–H groups in total. The third kappa shape index (κ3) is 7.35. The van der Waals surface area contributed by atoms with E-state index in [1.54, 1.807) is 10.9 Å². The molecule has 4 rings (SSSR count).